The van der Waals surface area contributed by atoms with E-state index in [1.54, 1.807) is 0 Å². The van der Waals surface area contributed by atoms with Crippen molar-refractivity contribution < 1.29 is 0 Å². The molecule has 1 aliphatic rings. The summed E-state index contributed by atoms with van der Waals surface area (Å²) in [7, 11) is 0. The first-order valence-electron chi connectivity index (χ1n) is 4.28. The minimum Gasteiger partial charge on any atom is -0.285 e. The second-order valence-corrected chi connectivity index (χ2v) is 4.11. The van der Waals surface area contributed by atoms with Crippen molar-refractivity contribution in [1.82, 2.24) is 0 Å². The lowest BCUT2D eigenvalue weighted by Gasteiger charge is -2.16. The fourth-order valence-corrected chi connectivity index (χ4v) is 1.14. The molecule has 0 unspecified atom stereocenters. The molecule has 0 aromatic carbocycles. The summed E-state index contributed by atoms with van der Waals surface area (Å²) in [4.78, 5) is 4.48. The highest BCUT2D eigenvalue weighted by molar-refractivity contribution is 6.01. The van der Waals surface area contributed by atoms with E-state index in [4.69, 9.17) is 0 Å². The second kappa shape index (κ2) is 2.80. The Morgan fingerprint density at radius 2 is 2.09 bits per heavy atom. The summed E-state index contributed by atoms with van der Waals surface area (Å²) in [5, 5.41) is 0. The van der Waals surface area contributed by atoms with Gasteiger partial charge in [-0.2, -0.15) is 0 Å². The minimum absolute atomic E-state index is 0.233. The van der Waals surface area contributed by atoms with Crippen molar-refractivity contribution >= 4 is 5.71 Å². The molecule has 62 valence electrons. The van der Waals surface area contributed by atoms with Gasteiger partial charge in [-0.3, -0.25) is 4.99 Å². The first-order valence-corrected chi connectivity index (χ1v) is 4.28. The Morgan fingerprint density at radius 3 is 2.36 bits per heavy atom. The van der Waals surface area contributed by atoms with Crippen LogP contribution in [0.15, 0.2) is 16.6 Å². The molecular weight excluding hydrogens is 134 g/mol. The SMILES string of the molecule is CCC1=CC(C(C)(C)C)=NC1. The van der Waals surface area contributed by atoms with Crippen LogP contribution < -0.4 is 0 Å². The molecule has 0 spiro atoms. The third-order valence-electron chi connectivity index (χ3n) is 2.02. The molecule has 0 atom stereocenters. The summed E-state index contributed by atoms with van der Waals surface area (Å²) in [6.07, 6.45) is 3.39. The zero-order valence-electron chi connectivity index (χ0n) is 7.94. The maximum absolute atomic E-state index is 4.48. The lowest BCUT2D eigenvalue weighted by atomic mass is 9.90. The fourth-order valence-electron chi connectivity index (χ4n) is 1.14. The van der Waals surface area contributed by atoms with Gasteiger partial charge in [-0.1, -0.05) is 27.7 Å². The lowest BCUT2D eigenvalue weighted by molar-refractivity contribution is 0.594. The first kappa shape index (κ1) is 8.51. The number of allylic oxidation sites excluding steroid dienone is 1. The quantitative estimate of drug-likeness (QED) is 0.546. The van der Waals surface area contributed by atoms with Crippen molar-refractivity contribution in [2.24, 2.45) is 10.4 Å². The average molecular weight is 151 g/mol. The molecule has 0 aliphatic carbocycles. The van der Waals surface area contributed by atoms with E-state index < -0.39 is 0 Å². The van der Waals surface area contributed by atoms with E-state index in [-0.39, 0.29) is 5.41 Å². The van der Waals surface area contributed by atoms with Crippen LogP contribution in [0.4, 0.5) is 0 Å². The monoisotopic (exact) mass is 151 g/mol. The molecule has 0 radical (unpaired) electrons. The van der Waals surface area contributed by atoms with Crippen molar-refractivity contribution in [3.63, 3.8) is 0 Å². The highest BCUT2D eigenvalue weighted by Gasteiger charge is 2.19. The minimum atomic E-state index is 0.233. The zero-order valence-corrected chi connectivity index (χ0v) is 7.94. The molecule has 11 heavy (non-hydrogen) atoms. The van der Waals surface area contributed by atoms with Crippen LogP contribution in [-0.4, -0.2) is 12.3 Å². The normalized spacial score (nSPS) is 18.2. The maximum atomic E-state index is 4.48. The molecule has 0 N–H and O–H groups in total. The maximum Gasteiger partial charge on any atom is 0.0606 e. The standard InChI is InChI=1S/C10H17N/c1-5-8-6-9(11-7-8)10(2,3)4/h6H,5,7H2,1-4H3. The molecule has 0 bridgehead atoms. The van der Waals surface area contributed by atoms with Crippen molar-refractivity contribution in [3.8, 4) is 0 Å². The summed E-state index contributed by atoms with van der Waals surface area (Å²) in [6, 6.07) is 0. The highest BCUT2D eigenvalue weighted by Crippen LogP contribution is 2.22. The molecule has 1 rings (SSSR count). The van der Waals surface area contributed by atoms with Crippen LogP contribution in [0.25, 0.3) is 0 Å². The number of hydrogen-bond donors (Lipinski definition) is 0. The lowest BCUT2D eigenvalue weighted by Crippen LogP contribution is -2.16. The average Bonchev–Trinajstić information content (AvgIpc) is 2.32. The van der Waals surface area contributed by atoms with Crippen LogP contribution in [0, 0.1) is 5.41 Å². The van der Waals surface area contributed by atoms with Crippen molar-refractivity contribution in [1.29, 1.82) is 0 Å². The Hall–Kier alpha value is -0.590. The van der Waals surface area contributed by atoms with E-state index in [9.17, 15) is 0 Å². The smallest absolute Gasteiger partial charge is 0.0606 e. The molecule has 0 saturated heterocycles. The number of aliphatic imine (C=N–C) groups is 1. The summed E-state index contributed by atoms with van der Waals surface area (Å²) < 4.78 is 0. The van der Waals surface area contributed by atoms with Gasteiger partial charge in [0.25, 0.3) is 0 Å². The highest BCUT2D eigenvalue weighted by atomic mass is 14.8. The topological polar surface area (TPSA) is 12.4 Å². The summed E-state index contributed by atoms with van der Waals surface area (Å²) in [5.41, 5.74) is 2.96. The van der Waals surface area contributed by atoms with Gasteiger partial charge in [0.2, 0.25) is 0 Å². The van der Waals surface area contributed by atoms with Crippen LogP contribution in [0.5, 0.6) is 0 Å². The van der Waals surface area contributed by atoms with Gasteiger partial charge in [0.15, 0.2) is 0 Å². The van der Waals surface area contributed by atoms with E-state index in [0.717, 1.165) is 13.0 Å². The molecule has 1 heteroatoms. The fraction of sp³-hybridized carbons (Fsp3) is 0.700. The van der Waals surface area contributed by atoms with Gasteiger partial charge >= 0.3 is 0 Å². The largest absolute Gasteiger partial charge is 0.285 e. The molecule has 0 aromatic rings. The Labute approximate surface area is 69.2 Å². The number of hydrogen-bond acceptors (Lipinski definition) is 1. The summed E-state index contributed by atoms with van der Waals surface area (Å²) in [5.74, 6) is 0. The third kappa shape index (κ3) is 1.92. The van der Waals surface area contributed by atoms with E-state index >= 15 is 0 Å². The van der Waals surface area contributed by atoms with Crippen molar-refractivity contribution in [2.45, 2.75) is 34.1 Å². The molecular formula is C10H17N. The summed E-state index contributed by atoms with van der Waals surface area (Å²) >= 11 is 0. The van der Waals surface area contributed by atoms with Gasteiger partial charge in [0.05, 0.1) is 6.54 Å². The van der Waals surface area contributed by atoms with E-state index in [1.807, 2.05) is 0 Å². The Bertz CT molecular complexity index is 203. The van der Waals surface area contributed by atoms with Crippen LogP contribution in [0.2, 0.25) is 0 Å². The Morgan fingerprint density at radius 1 is 1.45 bits per heavy atom. The zero-order chi connectivity index (χ0) is 8.48. The van der Waals surface area contributed by atoms with Crippen LogP contribution >= 0.6 is 0 Å². The Kier molecular flexibility index (Phi) is 2.17. The predicted octanol–water partition coefficient (Wildman–Crippen LogP) is 2.82. The van der Waals surface area contributed by atoms with Gasteiger partial charge in [-0.25, -0.2) is 0 Å². The molecule has 1 aliphatic heterocycles. The molecule has 0 aromatic heterocycles. The van der Waals surface area contributed by atoms with Crippen LogP contribution in [0.1, 0.15) is 34.1 Å². The Balaban J connectivity index is 2.72. The second-order valence-electron chi connectivity index (χ2n) is 4.11. The van der Waals surface area contributed by atoms with Crippen LogP contribution in [-0.2, 0) is 0 Å². The number of nitrogens with zero attached hydrogens (tertiary/aromatic N) is 1. The third-order valence-corrected chi connectivity index (χ3v) is 2.02. The summed E-state index contributed by atoms with van der Waals surface area (Å²) in [6.45, 7) is 9.75. The van der Waals surface area contributed by atoms with Gasteiger partial charge in [0, 0.05) is 11.1 Å². The van der Waals surface area contributed by atoms with Crippen molar-refractivity contribution in [2.75, 3.05) is 6.54 Å². The van der Waals surface area contributed by atoms with E-state index in [1.165, 1.54) is 11.3 Å². The van der Waals surface area contributed by atoms with Gasteiger partial charge < -0.3 is 0 Å². The number of rotatable bonds is 1. The van der Waals surface area contributed by atoms with Crippen LogP contribution in [0.3, 0.4) is 0 Å². The van der Waals surface area contributed by atoms with Gasteiger partial charge in [-0.05, 0) is 18.1 Å². The van der Waals surface area contributed by atoms with Gasteiger partial charge in [-0.15, -0.1) is 0 Å². The van der Waals surface area contributed by atoms with Crippen molar-refractivity contribution in [3.05, 3.63) is 11.6 Å². The molecule has 1 heterocycles. The first-order chi connectivity index (χ1) is 5.04. The van der Waals surface area contributed by atoms with E-state index in [0.29, 0.717) is 0 Å². The van der Waals surface area contributed by atoms with Gasteiger partial charge in [0.1, 0.15) is 0 Å². The molecule has 0 fully saturated rings. The van der Waals surface area contributed by atoms with E-state index in [2.05, 4.69) is 38.8 Å². The molecule has 0 saturated carbocycles. The molecule has 0 amide bonds. The predicted molar refractivity (Wildman–Crippen MR) is 50.1 cm³/mol. The molecule has 1 nitrogen and oxygen atoms in total.